The third kappa shape index (κ3) is 3.31. The van der Waals surface area contributed by atoms with E-state index >= 15 is 0 Å². The molecule has 0 saturated carbocycles. The van der Waals surface area contributed by atoms with Crippen molar-refractivity contribution in [2.45, 2.75) is 19.8 Å². The Morgan fingerprint density at radius 2 is 1.77 bits per heavy atom. The van der Waals surface area contributed by atoms with E-state index in [4.69, 9.17) is 29.8 Å². The summed E-state index contributed by atoms with van der Waals surface area (Å²) in [5.41, 5.74) is -0.805. The van der Waals surface area contributed by atoms with Crippen molar-refractivity contribution in [1.29, 1.82) is 0 Å². The first-order chi connectivity index (χ1) is 14.7. The lowest BCUT2D eigenvalue weighted by molar-refractivity contribution is 0.760. The number of aromatic amines is 2. The molecule has 0 aliphatic carbocycles. The highest BCUT2D eigenvalue weighted by molar-refractivity contribution is 6.38. The van der Waals surface area contributed by atoms with Crippen molar-refractivity contribution >= 4 is 40.1 Å². The van der Waals surface area contributed by atoms with Crippen LogP contribution in [0.3, 0.4) is 0 Å². The first-order valence-electron chi connectivity index (χ1n) is 8.80. The summed E-state index contributed by atoms with van der Waals surface area (Å²) in [4.78, 5) is 40.9. The maximum Gasteiger partial charge on any atom is 0.365 e. The predicted molar refractivity (Wildman–Crippen MR) is 114 cm³/mol. The molecule has 0 aliphatic heterocycles. The molecule has 0 saturated heterocycles. The van der Waals surface area contributed by atoms with Gasteiger partial charge >= 0.3 is 11.5 Å². The maximum atomic E-state index is 12.2. The van der Waals surface area contributed by atoms with Crippen molar-refractivity contribution in [2.75, 3.05) is 0 Å². The van der Waals surface area contributed by atoms with Gasteiger partial charge in [0.25, 0.3) is 11.1 Å². The van der Waals surface area contributed by atoms with Crippen molar-refractivity contribution in [3.05, 3.63) is 76.5 Å². The molecule has 0 radical (unpaired) electrons. The Balaban J connectivity index is 1.94. The summed E-state index contributed by atoms with van der Waals surface area (Å²) >= 11 is 12.9. The highest BCUT2D eigenvalue weighted by atomic mass is 35.5. The molecular formula is C18H12Cl2N8O3. The molecule has 3 aromatic heterocycles. The SMILES string of the molecule is [C-]#[N+]c1nn(-c2cc(Cl)c(-n3ncc4c(C(C)C)c(=O)[nH]nc43)c(Cl)c2)c(=O)[nH]c1=O. The number of benzene rings is 1. The minimum absolute atomic E-state index is 0.0740. The van der Waals surface area contributed by atoms with E-state index in [1.165, 1.54) is 23.0 Å². The quantitative estimate of drug-likeness (QED) is 0.452. The number of H-pyrrole nitrogens is 2. The van der Waals surface area contributed by atoms with Gasteiger partial charge in [-0.05, 0) is 23.1 Å². The lowest BCUT2D eigenvalue weighted by atomic mass is 10.0. The smallest absolute Gasteiger partial charge is 0.354 e. The van der Waals surface area contributed by atoms with Crippen LogP contribution in [-0.4, -0.2) is 34.7 Å². The van der Waals surface area contributed by atoms with Gasteiger partial charge in [0.2, 0.25) is 0 Å². The Hall–Kier alpha value is -3.75. The Kier molecular flexibility index (Phi) is 4.96. The van der Waals surface area contributed by atoms with Gasteiger partial charge < -0.3 is 4.85 Å². The standard InChI is InChI=1S/C18H12Cl2N8O3/c1-7(2)12-9-6-22-28(15(9)24-25-16(12)29)13-10(19)4-8(5-11(13)20)27-18(31)23-17(30)14(21-3)26-27/h4-7H,1-2H3,(H,25,29)(H,23,30,31). The van der Waals surface area contributed by atoms with Gasteiger partial charge in [-0.2, -0.15) is 10.2 Å². The largest absolute Gasteiger partial charge is 0.365 e. The zero-order valence-corrected chi connectivity index (χ0v) is 17.5. The number of fused-ring (bicyclic) bond motifs is 1. The molecule has 4 aromatic rings. The van der Waals surface area contributed by atoms with E-state index in [0.29, 0.717) is 16.6 Å². The molecule has 1 aromatic carbocycles. The topological polar surface area (TPSA) is 136 Å². The molecule has 2 N–H and O–H groups in total. The first kappa shape index (κ1) is 20.5. The fourth-order valence-electron chi connectivity index (χ4n) is 3.18. The molecule has 0 fully saturated rings. The van der Waals surface area contributed by atoms with Gasteiger partial charge in [-0.3, -0.25) is 14.6 Å². The molecule has 13 heteroatoms. The summed E-state index contributed by atoms with van der Waals surface area (Å²) in [6.07, 6.45) is 1.50. The van der Waals surface area contributed by atoms with E-state index in [-0.39, 0.29) is 32.9 Å². The number of hydrogen-bond acceptors (Lipinski definition) is 6. The van der Waals surface area contributed by atoms with E-state index in [2.05, 4.69) is 25.2 Å². The Labute approximate surface area is 182 Å². The van der Waals surface area contributed by atoms with E-state index in [9.17, 15) is 14.4 Å². The number of nitrogens with one attached hydrogen (secondary N) is 2. The molecule has 31 heavy (non-hydrogen) atoms. The van der Waals surface area contributed by atoms with Crippen LogP contribution in [0.2, 0.25) is 10.0 Å². The molecule has 156 valence electrons. The van der Waals surface area contributed by atoms with Gasteiger partial charge in [0.1, 0.15) is 5.69 Å². The van der Waals surface area contributed by atoms with Crippen molar-refractivity contribution < 1.29 is 0 Å². The van der Waals surface area contributed by atoms with Crippen LogP contribution in [0.5, 0.6) is 0 Å². The molecule has 0 atom stereocenters. The third-order valence-electron chi connectivity index (χ3n) is 4.49. The van der Waals surface area contributed by atoms with Crippen LogP contribution in [0.15, 0.2) is 32.7 Å². The number of aromatic nitrogens is 7. The fourth-order valence-corrected chi connectivity index (χ4v) is 3.81. The number of nitrogens with zero attached hydrogens (tertiary/aromatic N) is 6. The van der Waals surface area contributed by atoms with Crippen molar-refractivity contribution in [3.8, 4) is 11.4 Å². The third-order valence-corrected chi connectivity index (χ3v) is 5.07. The van der Waals surface area contributed by atoms with Crippen LogP contribution < -0.4 is 16.8 Å². The Bertz CT molecular complexity index is 1550. The average molecular weight is 459 g/mol. The van der Waals surface area contributed by atoms with Crippen molar-refractivity contribution in [2.24, 2.45) is 0 Å². The fraction of sp³-hybridized carbons (Fsp3) is 0.167. The van der Waals surface area contributed by atoms with Gasteiger partial charge in [0.15, 0.2) is 5.65 Å². The van der Waals surface area contributed by atoms with E-state index in [0.717, 1.165) is 4.68 Å². The molecule has 0 amide bonds. The second-order valence-electron chi connectivity index (χ2n) is 6.78. The molecule has 0 aliphatic rings. The van der Waals surface area contributed by atoms with Crippen LogP contribution in [0.4, 0.5) is 5.82 Å². The first-order valence-corrected chi connectivity index (χ1v) is 9.55. The highest BCUT2D eigenvalue weighted by Crippen LogP contribution is 2.33. The molecule has 0 spiro atoms. The summed E-state index contributed by atoms with van der Waals surface area (Å²) in [7, 11) is 0. The monoisotopic (exact) mass is 458 g/mol. The predicted octanol–water partition coefficient (Wildman–Crippen LogP) is 2.32. The van der Waals surface area contributed by atoms with E-state index in [1.807, 2.05) is 18.8 Å². The van der Waals surface area contributed by atoms with Crippen LogP contribution >= 0.6 is 23.2 Å². The van der Waals surface area contributed by atoms with Gasteiger partial charge in [0.05, 0.1) is 27.3 Å². The minimum atomic E-state index is -0.894. The number of halogens is 2. The maximum absolute atomic E-state index is 12.2. The molecule has 0 bridgehead atoms. The van der Waals surface area contributed by atoms with Gasteiger partial charge in [-0.1, -0.05) is 43.6 Å². The summed E-state index contributed by atoms with van der Waals surface area (Å²) in [5, 5.41) is 15.3. The molecular weight excluding hydrogens is 447 g/mol. The minimum Gasteiger partial charge on any atom is -0.354 e. The zero-order chi connectivity index (χ0) is 22.4. The summed E-state index contributed by atoms with van der Waals surface area (Å²) in [5.74, 6) is -0.585. The van der Waals surface area contributed by atoms with Gasteiger partial charge in [-0.25, -0.2) is 14.6 Å². The van der Waals surface area contributed by atoms with Gasteiger partial charge in [-0.15, -0.1) is 4.68 Å². The summed E-state index contributed by atoms with van der Waals surface area (Å²) < 4.78 is 2.18. The zero-order valence-electron chi connectivity index (χ0n) is 16.0. The van der Waals surface area contributed by atoms with Crippen molar-refractivity contribution in [1.82, 2.24) is 34.7 Å². The molecule has 11 nitrogen and oxygen atoms in total. The lowest BCUT2D eigenvalue weighted by Gasteiger charge is -2.11. The Morgan fingerprint density at radius 1 is 1.10 bits per heavy atom. The number of rotatable bonds is 3. The highest BCUT2D eigenvalue weighted by Gasteiger charge is 2.21. The van der Waals surface area contributed by atoms with E-state index in [1.54, 1.807) is 0 Å². The second-order valence-corrected chi connectivity index (χ2v) is 7.59. The normalized spacial score (nSPS) is 11.2. The van der Waals surface area contributed by atoms with Crippen LogP contribution in [-0.2, 0) is 0 Å². The van der Waals surface area contributed by atoms with Crippen LogP contribution in [0.25, 0.3) is 27.3 Å². The lowest BCUT2D eigenvalue weighted by Crippen LogP contribution is -2.30. The summed E-state index contributed by atoms with van der Waals surface area (Å²) in [6.45, 7) is 10.8. The van der Waals surface area contributed by atoms with Gasteiger partial charge in [0, 0.05) is 5.56 Å². The summed E-state index contributed by atoms with van der Waals surface area (Å²) in [6, 6.07) is 2.76. The molecule has 3 heterocycles. The number of hydrogen-bond donors (Lipinski definition) is 2. The second kappa shape index (κ2) is 7.50. The molecule has 4 rings (SSSR count). The van der Waals surface area contributed by atoms with E-state index < -0.39 is 17.1 Å². The molecule has 0 unspecified atom stereocenters. The van der Waals surface area contributed by atoms with Crippen LogP contribution in [0, 0.1) is 6.57 Å². The Morgan fingerprint density at radius 3 is 2.39 bits per heavy atom. The van der Waals surface area contributed by atoms with Crippen LogP contribution in [0.1, 0.15) is 25.3 Å². The average Bonchev–Trinajstić information content (AvgIpc) is 3.10. The van der Waals surface area contributed by atoms with Crippen molar-refractivity contribution in [3.63, 3.8) is 0 Å².